The van der Waals surface area contributed by atoms with Gasteiger partial charge < -0.3 is 14.5 Å². The predicted octanol–water partition coefficient (Wildman–Crippen LogP) is 2.15. The van der Waals surface area contributed by atoms with Gasteiger partial charge in [-0.3, -0.25) is 4.79 Å². The van der Waals surface area contributed by atoms with Gasteiger partial charge in [-0.1, -0.05) is 30.3 Å². The summed E-state index contributed by atoms with van der Waals surface area (Å²) in [6, 6.07) is 12.1. The van der Waals surface area contributed by atoms with E-state index in [-0.39, 0.29) is 5.91 Å². The molecule has 1 aliphatic rings. The lowest BCUT2D eigenvalue weighted by atomic mass is 10.2. The van der Waals surface area contributed by atoms with Crippen LogP contribution in [0.4, 0.5) is 5.82 Å². The molecule has 0 unspecified atom stereocenters. The minimum atomic E-state index is -0.0590. The number of nitrogens with zero attached hydrogens (tertiary/aromatic N) is 5. The highest BCUT2D eigenvalue weighted by Crippen LogP contribution is 2.22. The highest BCUT2D eigenvalue weighted by atomic mass is 16.5. The first-order chi connectivity index (χ1) is 13.1. The molecule has 4 rings (SSSR count). The maximum absolute atomic E-state index is 12.8. The predicted molar refractivity (Wildman–Crippen MR) is 103 cm³/mol. The molecule has 1 aromatic carbocycles. The van der Waals surface area contributed by atoms with Crippen LogP contribution in [0.1, 0.15) is 21.7 Å². The number of hydrogen-bond acceptors (Lipinski definition) is 5. The molecule has 0 atom stereocenters. The number of aromatic nitrogens is 3. The number of hydrogen-bond donors (Lipinski definition) is 0. The fourth-order valence-electron chi connectivity index (χ4n) is 3.34. The third kappa shape index (κ3) is 3.64. The van der Waals surface area contributed by atoms with E-state index >= 15 is 0 Å². The SMILES string of the molecule is Cc1cn2nc(C(=O)N3CCOCC3)cc2c(N(C)Cc2ccccc2)n1. The van der Waals surface area contributed by atoms with Gasteiger partial charge in [0.15, 0.2) is 11.5 Å². The van der Waals surface area contributed by atoms with Crippen LogP contribution in [-0.4, -0.2) is 58.8 Å². The Labute approximate surface area is 158 Å². The van der Waals surface area contributed by atoms with Gasteiger partial charge in [-0.05, 0) is 12.5 Å². The molecule has 140 valence electrons. The summed E-state index contributed by atoms with van der Waals surface area (Å²) in [5.41, 5.74) is 3.32. The first-order valence-electron chi connectivity index (χ1n) is 9.11. The zero-order valence-corrected chi connectivity index (χ0v) is 15.6. The van der Waals surface area contributed by atoms with Gasteiger partial charge in [-0.25, -0.2) is 9.50 Å². The minimum Gasteiger partial charge on any atom is -0.378 e. The number of rotatable bonds is 4. The molecule has 1 amide bonds. The molecule has 0 aliphatic carbocycles. The Morgan fingerprint density at radius 1 is 1.22 bits per heavy atom. The van der Waals surface area contributed by atoms with E-state index in [1.165, 1.54) is 5.56 Å². The molecule has 7 nitrogen and oxygen atoms in total. The van der Waals surface area contributed by atoms with Crippen LogP contribution in [0.25, 0.3) is 5.52 Å². The second kappa shape index (κ2) is 7.36. The molecule has 2 aromatic heterocycles. The third-order valence-corrected chi connectivity index (χ3v) is 4.70. The van der Waals surface area contributed by atoms with Crippen LogP contribution in [0.2, 0.25) is 0 Å². The van der Waals surface area contributed by atoms with Crippen molar-refractivity contribution in [2.24, 2.45) is 0 Å². The summed E-state index contributed by atoms with van der Waals surface area (Å²) in [5, 5.41) is 4.52. The fraction of sp³-hybridized carbons (Fsp3) is 0.350. The Hall–Kier alpha value is -2.93. The normalized spacial score (nSPS) is 14.5. The van der Waals surface area contributed by atoms with E-state index in [0.29, 0.717) is 32.0 Å². The number of anilines is 1. The van der Waals surface area contributed by atoms with E-state index < -0.39 is 0 Å². The largest absolute Gasteiger partial charge is 0.378 e. The Bertz CT molecular complexity index is 948. The van der Waals surface area contributed by atoms with Gasteiger partial charge in [0, 0.05) is 32.7 Å². The van der Waals surface area contributed by atoms with Crippen molar-refractivity contribution in [2.45, 2.75) is 13.5 Å². The molecule has 0 saturated carbocycles. The van der Waals surface area contributed by atoms with Crippen LogP contribution >= 0.6 is 0 Å². The lowest BCUT2D eigenvalue weighted by Gasteiger charge is -2.25. The first kappa shape index (κ1) is 17.5. The molecule has 3 heterocycles. The second-order valence-corrected chi connectivity index (χ2v) is 6.81. The van der Waals surface area contributed by atoms with E-state index in [1.54, 1.807) is 9.42 Å². The molecule has 1 saturated heterocycles. The van der Waals surface area contributed by atoms with Gasteiger partial charge in [0.25, 0.3) is 5.91 Å². The van der Waals surface area contributed by atoms with E-state index in [2.05, 4.69) is 22.1 Å². The molecule has 0 radical (unpaired) electrons. The molecule has 27 heavy (non-hydrogen) atoms. The van der Waals surface area contributed by atoms with Gasteiger partial charge in [-0.2, -0.15) is 5.10 Å². The lowest BCUT2D eigenvalue weighted by molar-refractivity contribution is 0.0299. The van der Waals surface area contributed by atoms with Gasteiger partial charge in [0.1, 0.15) is 5.52 Å². The van der Waals surface area contributed by atoms with Crippen molar-refractivity contribution in [3.8, 4) is 0 Å². The van der Waals surface area contributed by atoms with E-state index in [1.807, 2.05) is 44.4 Å². The van der Waals surface area contributed by atoms with Crippen LogP contribution in [0.3, 0.4) is 0 Å². The summed E-state index contributed by atoms with van der Waals surface area (Å²) < 4.78 is 7.09. The Kier molecular flexibility index (Phi) is 4.77. The smallest absolute Gasteiger partial charge is 0.274 e. The Balaban J connectivity index is 1.66. The maximum Gasteiger partial charge on any atom is 0.274 e. The number of carbonyl (C=O) groups is 1. The number of fused-ring (bicyclic) bond motifs is 1. The number of amides is 1. The number of aryl methyl sites for hydroxylation is 1. The average molecular weight is 365 g/mol. The molecule has 0 N–H and O–H groups in total. The molecule has 1 aliphatic heterocycles. The maximum atomic E-state index is 12.8. The topological polar surface area (TPSA) is 63.0 Å². The van der Waals surface area contributed by atoms with Gasteiger partial charge in [-0.15, -0.1) is 0 Å². The van der Waals surface area contributed by atoms with Crippen molar-refractivity contribution >= 4 is 17.2 Å². The molecular formula is C20H23N5O2. The van der Waals surface area contributed by atoms with Crippen molar-refractivity contribution < 1.29 is 9.53 Å². The molecule has 0 spiro atoms. The summed E-state index contributed by atoms with van der Waals surface area (Å²) in [5.74, 6) is 0.753. The molecule has 3 aromatic rings. The molecule has 7 heteroatoms. The zero-order valence-electron chi connectivity index (χ0n) is 15.6. The monoisotopic (exact) mass is 365 g/mol. The summed E-state index contributed by atoms with van der Waals surface area (Å²) in [7, 11) is 2.01. The molecule has 0 bridgehead atoms. The van der Waals surface area contributed by atoms with E-state index in [4.69, 9.17) is 9.72 Å². The van der Waals surface area contributed by atoms with Crippen LogP contribution in [0, 0.1) is 6.92 Å². The fourth-order valence-corrected chi connectivity index (χ4v) is 3.34. The molecular weight excluding hydrogens is 342 g/mol. The first-order valence-corrected chi connectivity index (χ1v) is 9.11. The quantitative estimate of drug-likeness (QED) is 0.709. The van der Waals surface area contributed by atoms with Crippen LogP contribution in [-0.2, 0) is 11.3 Å². The van der Waals surface area contributed by atoms with Crippen molar-refractivity contribution in [3.05, 3.63) is 59.5 Å². The second-order valence-electron chi connectivity index (χ2n) is 6.81. The van der Waals surface area contributed by atoms with Crippen LogP contribution in [0.15, 0.2) is 42.6 Å². The summed E-state index contributed by atoms with van der Waals surface area (Å²) in [4.78, 5) is 21.4. The number of carbonyl (C=O) groups excluding carboxylic acids is 1. The molecule has 1 fully saturated rings. The zero-order chi connectivity index (χ0) is 18.8. The van der Waals surface area contributed by atoms with Crippen molar-refractivity contribution in [2.75, 3.05) is 38.3 Å². The highest BCUT2D eigenvalue weighted by Gasteiger charge is 2.22. The highest BCUT2D eigenvalue weighted by molar-refractivity contribution is 5.94. The number of benzene rings is 1. The Morgan fingerprint density at radius 3 is 2.70 bits per heavy atom. The summed E-state index contributed by atoms with van der Waals surface area (Å²) in [6.45, 7) is 5.01. The van der Waals surface area contributed by atoms with Crippen molar-refractivity contribution in [1.82, 2.24) is 19.5 Å². The Morgan fingerprint density at radius 2 is 1.96 bits per heavy atom. The lowest BCUT2D eigenvalue weighted by Crippen LogP contribution is -2.40. The van der Waals surface area contributed by atoms with Gasteiger partial charge >= 0.3 is 0 Å². The summed E-state index contributed by atoms with van der Waals surface area (Å²) >= 11 is 0. The average Bonchev–Trinajstić information content (AvgIpc) is 3.12. The van der Waals surface area contributed by atoms with Crippen molar-refractivity contribution in [1.29, 1.82) is 0 Å². The summed E-state index contributed by atoms with van der Waals surface area (Å²) in [6.07, 6.45) is 1.85. The number of ether oxygens (including phenoxy) is 1. The van der Waals surface area contributed by atoms with Gasteiger partial charge in [0.2, 0.25) is 0 Å². The number of morpholine rings is 1. The van der Waals surface area contributed by atoms with Crippen LogP contribution < -0.4 is 4.90 Å². The van der Waals surface area contributed by atoms with E-state index in [0.717, 1.165) is 23.6 Å². The van der Waals surface area contributed by atoms with Gasteiger partial charge in [0.05, 0.1) is 25.1 Å². The van der Waals surface area contributed by atoms with E-state index in [9.17, 15) is 4.79 Å². The van der Waals surface area contributed by atoms with Crippen molar-refractivity contribution in [3.63, 3.8) is 0 Å². The van der Waals surface area contributed by atoms with Crippen LogP contribution in [0.5, 0.6) is 0 Å². The standard InChI is InChI=1S/C20H23N5O2/c1-15-13-25-18(12-17(22-25)20(26)24-8-10-27-11-9-24)19(21-15)23(2)14-16-6-4-3-5-7-16/h3-7,12-13H,8-11,14H2,1-2H3. The minimum absolute atomic E-state index is 0.0590. The third-order valence-electron chi connectivity index (χ3n) is 4.70.